The zero-order valence-electron chi connectivity index (χ0n) is 8.32. The van der Waals surface area contributed by atoms with Crippen LogP contribution in [0.4, 0.5) is 0 Å². The van der Waals surface area contributed by atoms with Crippen molar-refractivity contribution in [1.82, 2.24) is 5.32 Å². The highest BCUT2D eigenvalue weighted by atomic mass is 14.9. The van der Waals surface area contributed by atoms with Crippen molar-refractivity contribution in [2.75, 3.05) is 6.54 Å². The largest absolute Gasteiger partial charge is 0.314 e. The molecule has 1 atom stereocenters. The highest BCUT2D eigenvalue weighted by Gasteiger charge is 2.08. The van der Waals surface area contributed by atoms with Gasteiger partial charge in [0.05, 0.1) is 0 Å². The summed E-state index contributed by atoms with van der Waals surface area (Å²) in [6.45, 7) is 7.75. The third kappa shape index (κ3) is 6.36. The second kappa shape index (κ2) is 8.06. The summed E-state index contributed by atoms with van der Waals surface area (Å²) in [7, 11) is 0. The Morgan fingerprint density at radius 3 is 2.09 bits per heavy atom. The predicted molar refractivity (Wildman–Crippen MR) is 51.9 cm³/mol. The zero-order chi connectivity index (χ0) is 8.53. The Balaban J connectivity index is 0.000000292. The first-order valence-electron chi connectivity index (χ1n) is 5.08. The van der Waals surface area contributed by atoms with Gasteiger partial charge >= 0.3 is 0 Å². The molecule has 11 heavy (non-hydrogen) atoms. The van der Waals surface area contributed by atoms with Crippen LogP contribution in [0.3, 0.4) is 0 Å². The minimum Gasteiger partial charge on any atom is -0.314 e. The van der Waals surface area contributed by atoms with Crippen LogP contribution >= 0.6 is 0 Å². The van der Waals surface area contributed by atoms with E-state index >= 15 is 0 Å². The molecule has 1 aliphatic heterocycles. The van der Waals surface area contributed by atoms with E-state index in [9.17, 15) is 0 Å². The average molecular weight is 157 g/mol. The predicted octanol–water partition coefficient (Wildman–Crippen LogP) is 2.95. The molecule has 0 amide bonds. The maximum atomic E-state index is 3.47. The molecule has 1 aliphatic rings. The molecule has 0 saturated carbocycles. The third-order valence-electron chi connectivity index (χ3n) is 1.91. The fourth-order valence-corrected chi connectivity index (χ4v) is 1.27. The van der Waals surface area contributed by atoms with Gasteiger partial charge in [-0.25, -0.2) is 0 Å². The SMILES string of the molecule is CCC.CCC1CCCCN1. The maximum Gasteiger partial charge on any atom is 0.00644 e. The summed E-state index contributed by atoms with van der Waals surface area (Å²) in [6.07, 6.45) is 6.78. The summed E-state index contributed by atoms with van der Waals surface area (Å²) < 4.78 is 0. The molecule has 68 valence electrons. The molecule has 1 N–H and O–H groups in total. The average Bonchev–Trinajstić information content (AvgIpc) is 2.08. The summed E-state index contributed by atoms with van der Waals surface area (Å²) in [4.78, 5) is 0. The summed E-state index contributed by atoms with van der Waals surface area (Å²) in [6, 6.07) is 0.837. The van der Waals surface area contributed by atoms with Crippen LogP contribution in [0.15, 0.2) is 0 Å². The van der Waals surface area contributed by atoms with E-state index in [1.165, 1.54) is 38.6 Å². The number of nitrogens with one attached hydrogen (secondary N) is 1. The molecule has 0 aromatic carbocycles. The number of piperidine rings is 1. The van der Waals surface area contributed by atoms with Gasteiger partial charge in [-0.05, 0) is 25.8 Å². The van der Waals surface area contributed by atoms with Gasteiger partial charge in [0.2, 0.25) is 0 Å². The van der Waals surface area contributed by atoms with Crippen LogP contribution in [-0.2, 0) is 0 Å². The normalized spacial score (nSPS) is 23.7. The molecular weight excluding hydrogens is 134 g/mol. The van der Waals surface area contributed by atoms with Gasteiger partial charge in [0.15, 0.2) is 0 Å². The van der Waals surface area contributed by atoms with Crippen molar-refractivity contribution in [2.45, 2.75) is 58.9 Å². The first kappa shape index (κ1) is 11.0. The lowest BCUT2D eigenvalue weighted by molar-refractivity contribution is 0.393. The molecular formula is C10H23N. The Bertz CT molecular complexity index is 65.3. The van der Waals surface area contributed by atoms with Gasteiger partial charge in [0.1, 0.15) is 0 Å². The van der Waals surface area contributed by atoms with Crippen molar-refractivity contribution in [1.29, 1.82) is 0 Å². The van der Waals surface area contributed by atoms with Crippen molar-refractivity contribution >= 4 is 0 Å². The highest BCUT2D eigenvalue weighted by molar-refractivity contribution is 4.69. The highest BCUT2D eigenvalue weighted by Crippen LogP contribution is 2.08. The van der Waals surface area contributed by atoms with Crippen LogP contribution in [0, 0.1) is 0 Å². The van der Waals surface area contributed by atoms with E-state index < -0.39 is 0 Å². The van der Waals surface area contributed by atoms with Crippen molar-refractivity contribution < 1.29 is 0 Å². The molecule has 1 saturated heterocycles. The number of rotatable bonds is 1. The molecule has 0 aliphatic carbocycles. The minimum atomic E-state index is 0.837. The van der Waals surface area contributed by atoms with Crippen LogP contribution in [0.5, 0.6) is 0 Å². The number of hydrogen-bond donors (Lipinski definition) is 1. The van der Waals surface area contributed by atoms with Crippen molar-refractivity contribution in [3.8, 4) is 0 Å². The van der Waals surface area contributed by atoms with E-state index in [4.69, 9.17) is 0 Å². The van der Waals surface area contributed by atoms with E-state index in [0.717, 1.165) is 6.04 Å². The van der Waals surface area contributed by atoms with E-state index in [-0.39, 0.29) is 0 Å². The molecule has 1 rings (SSSR count). The van der Waals surface area contributed by atoms with Gasteiger partial charge in [-0.1, -0.05) is 33.6 Å². The fourth-order valence-electron chi connectivity index (χ4n) is 1.27. The maximum absolute atomic E-state index is 3.47. The Hall–Kier alpha value is -0.0400. The third-order valence-corrected chi connectivity index (χ3v) is 1.91. The summed E-state index contributed by atoms with van der Waals surface area (Å²) in [5, 5.41) is 3.47. The first-order chi connectivity index (χ1) is 5.35. The molecule has 0 aromatic heterocycles. The van der Waals surface area contributed by atoms with Crippen molar-refractivity contribution in [2.24, 2.45) is 0 Å². The Morgan fingerprint density at radius 1 is 1.18 bits per heavy atom. The lowest BCUT2D eigenvalue weighted by Gasteiger charge is -2.21. The summed E-state index contributed by atoms with van der Waals surface area (Å²) >= 11 is 0. The zero-order valence-corrected chi connectivity index (χ0v) is 8.32. The van der Waals surface area contributed by atoms with E-state index in [1.54, 1.807) is 0 Å². The van der Waals surface area contributed by atoms with Crippen molar-refractivity contribution in [3.05, 3.63) is 0 Å². The second-order valence-electron chi connectivity index (χ2n) is 3.26. The van der Waals surface area contributed by atoms with Crippen LogP contribution in [0.25, 0.3) is 0 Å². The van der Waals surface area contributed by atoms with Crippen LogP contribution in [-0.4, -0.2) is 12.6 Å². The Kier molecular flexibility index (Phi) is 8.03. The van der Waals surface area contributed by atoms with Crippen molar-refractivity contribution in [3.63, 3.8) is 0 Å². The Labute approximate surface area is 71.6 Å². The minimum absolute atomic E-state index is 0.837. The molecule has 0 radical (unpaired) electrons. The second-order valence-corrected chi connectivity index (χ2v) is 3.26. The molecule has 0 bridgehead atoms. The molecule has 0 aromatic rings. The molecule has 1 nitrogen and oxygen atoms in total. The van der Waals surface area contributed by atoms with Crippen LogP contribution < -0.4 is 5.32 Å². The van der Waals surface area contributed by atoms with Gasteiger partial charge in [0.25, 0.3) is 0 Å². The molecule has 1 heteroatoms. The lowest BCUT2D eigenvalue weighted by atomic mass is 10.0. The number of hydrogen-bond acceptors (Lipinski definition) is 1. The smallest absolute Gasteiger partial charge is 0.00644 e. The van der Waals surface area contributed by atoms with Gasteiger partial charge in [-0.2, -0.15) is 0 Å². The van der Waals surface area contributed by atoms with Crippen LogP contribution in [0.1, 0.15) is 52.9 Å². The summed E-state index contributed by atoms with van der Waals surface area (Å²) in [5.41, 5.74) is 0. The monoisotopic (exact) mass is 157 g/mol. The topological polar surface area (TPSA) is 12.0 Å². The lowest BCUT2D eigenvalue weighted by Crippen LogP contribution is -2.32. The molecule has 0 spiro atoms. The molecule has 1 heterocycles. The van der Waals surface area contributed by atoms with E-state index in [2.05, 4.69) is 26.1 Å². The fraction of sp³-hybridized carbons (Fsp3) is 1.00. The summed E-state index contributed by atoms with van der Waals surface area (Å²) in [5.74, 6) is 0. The Morgan fingerprint density at radius 2 is 1.82 bits per heavy atom. The van der Waals surface area contributed by atoms with Gasteiger partial charge in [-0.3, -0.25) is 0 Å². The molecule has 1 unspecified atom stereocenters. The van der Waals surface area contributed by atoms with Gasteiger partial charge in [-0.15, -0.1) is 0 Å². The standard InChI is InChI=1S/C7H15N.C3H8/c1-2-7-5-3-4-6-8-7;1-3-2/h7-8H,2-6H2,1H3;3H2,1-2H3. The quantitative estimate of drug-likeness (QED) is 0.617. The van der Waals surface area contributed by atoms with Gasteiger partial charge in [0, 0.05) is 6.04 Å². The van der Waals surface area contributed by atoms with Crippen LogP contribution in [0.2, 0.25) is 0 Å². The first-order valence-corrected chi connectivity index (χ1v) is 5.08. The van der Waals surface area contributed by atoms with E-state index in [0.29, 0.717) is 0 Å². The molecule has 1 fully saturated rings. The van der Waals surface area contributed by atoms with Gasteiger partial charge < -0.3 is 5.32 Å². The van der Waals surface area contributed by atoms with E-state index in [1.807, 2.05) is 0 Å².